The van der Waals surface area contributed by atoms with Crippen LogP contribution in [0.15, 0.2) is 46.4 Å². The number of urea groups is 2. The molecule has 2 aromatic rings. The van der Waals surface area contributed by atoms with Crippen molar-refractivity contribution in [2.75, 3.05) is 36.2 Å². The van der Waals surface area contributed by atoms with Gasteiger partial charge in [-0.25, -0.2) is 0 Å². The fraction of sp³-hybridized carbons (Fsp3) is 0.357. The second-order valence-electron chi connectivity index (χ2n) is 10.1. The van der Waals surface area contributed by atoms with Gasteiger partial charge in [0.1, 0.15) is 0 Å². The first-order chi connectivity index (χ1) is 21.9. The predicted molar refractivity (Wildman–Crippen MR) is 168 cm³/mol. The van der Waals surface area contributed by atoms with Crippen LogP contribution in [0.1, 0.15) is 38.8 Å². The minimum atomic E-state index is -5.61. The van der Waals surface area contributed by atoms with Gasteiger partial charge >= 0.3 is 264 Å². The summed E-state index contributed by atoms with van der Waals surface area (Å²) >= 11 is 0. The van der Waals surface area contributed by atoms with E-state index in [0.717, 1.165) is 18.7 Å². The van der Waals surface area contributed by atoms with Crippen LogP contribution in [0.3, 0.4) is 0 Å². The number of fused-ring (bicyclic) bond motifs is 4. The van der Waals surface area contributed by atoms with Gasteiger partial charge in [-0.2, -0.15) is 0 Å². The maximum atomic E-state index is 15.0. The number of imide groups is 2. The van der Waals surface area contributed by atoms with Crippen molar-refractivity contribution in [3.8, 4) is 0 Å². The molecular weight excluding hydrogens is 642 g/mol. The number of carbonyl (C=O) groups excluding carboxylic acids is 6. The summed E-state index contributed by atoms with van der Waals surface area (Å²) in [5.41, 5.74) is -0.858. The summed E-state index contributed by atoms with van der Waals surface area (Å²) < 4.78 is 26.7. The van der Waals surface area contributed by atoms with Crippen LogP contribution in [0.5, 0.6) is 0 Å². The van der Waals surface area contributed by atoms with Gasteiger partial charge in [0.15, 0.2) is 0 Å². The number of amides is 6. The van der Waals surface area contributed by atoms with Gasteiger partial charge < -0.3 is 0 Å². The van der Waals surface area contributed by atoms with E-state index in [4.69, 9.17) is 18.1 Å². The fourth-order valence-electron chi connectivity index (χ4n) is 6.22. The molecule has 244 valence electrons. The van der Waals surface area contributed by atoms with Crippen molar-refractivity contribution in [1.82, 2.24) is 8.88 Å². The van der Waals surface area contributed by atoms with Crippen LogP contribution < -0.4 is 9.80 Å². The average Bonchev–Trinajstić information content (AvgIpc) is 3.28. The van der Waals surface area contributed by atoms with Gasteiger partial charge in [-0.1, -0.05) is 0 Å². The van der Waals surface area contributed by atoms with E-state index in [9.17, 15) is 28.8 Å². The molecule has 5 rings (SSSR count). The number of hydrogen-bond acceptors (Lipinski definition) is 12. The van der Waals surface area contributed by atoms with Crippen molar-refractivity contribution in [1.29, 1.82) is 0 Å². The molecule has 3 aliphatic heterocycles. The van der Waals surface area contributed by atoms with Crippen LogP contribution in [0.4, 0.5) is 41.9 Å². The molecular formula is C28H32N6O10P2. The standard InChI is InChI=1S/C28H32N6O10P2/c1-7-41-45(42-8-2)27(39)31(21-13-11-19(5)23(15-21)29-17-35)25(37)33(45)46(43-9-3,44-10-4)28(40)32(26(38)34(45)46)22-14-12-20(6)24(16-22)30-18-36/h11-16H,7-10H2,1-6H3. The molecule has 0 radical (unpaired) electrons. The molecule has 46 heavy (non-hydrogen) atoms. The Labute approximate surface area is 263 Å². The molecule has 16 nitrogen and oxygen atoms in total. The summed E-state index contributed by atoms with van der Waals surface area (Å²) in [6.45, 7) is 8.56. The van der Waals surface area contributed by atoms with Crippen molar-refractivity contribution in [2.24, 2.45) is 9.98 Å². The van der Waals surface area contributed by atoms with Crippen LogP contribution in [0.2, 0.25) is 0 Å². The van der Waals surface area contributed by atoms with Crippen LogP contribution in [0, 0.1) is 13.8 Å². The van der Waals surface area contributed by atoms with E-state index in [-0.39, 0.29) is 49.2 Å². The Morgan fingerprint density at radius 1 is 0.609 bits per heavy atom. The third-order valence-electron chi connectivity index (χ3n) is 7.78. The number of anilines is 2. The number of aryl methyl sites for hydroxylation is 2. The zero-order chi connectivity index (χ0) is 33.7. The topological polar surface area (TPSA) is 177 Å². The minimum absolute atomic E-state index is 0.0378. The van der Waals surface area contributed by atoms with Crippen molar-refractivity contribution in [2.45, 2.75) is 41.5 Å². The van der Waals surface area contributed by atoms with E-state index < -0.39 is 38.1 Å². The monoisotopic (exact) mass is 674 g/mol. The number of hydrogen-bond donors (Lipinski definition) is 0. The van der Waals surface area contributed by atoms with E-state index in [1.54, 1.807) is 41.5 Å². The number of rotatable bonds is 12. The fourth-order valence-corrected chi connectivity index (χ4v) is 20.2. The third kappa shape index (κ3) is 3.66. The number of isocyanates is 2. The van der Waals surface area contributed by atoms with Crippen LogP contribution in [-0.4, -0.2) is 70.8 Å². The number of nitrogens with zero attached hydrogens (tertiary/aromatic N) is 6. The normalized spacial score (nSPS) is 21.6. The molecule has 0 aliphatic carbocycles. The molecule has 0 N–H and O–H groups in total. The number of aliphatic imine (C=N–C) groups is 2. The van der Waals surface area contributed by atoms with Gasteiger partial charge in [0.05, 0.1) is 0 Å². The maximum absolute atomic E-state index is 15.0. The quantitative estimate of drug-likeness (QED) is 0.127. The molecule has 18 heteroatoms. The molecule has 0 saturated carbocycles. The molecule has 3 aliphatic rings. The van der Waals surface area contributed by atoms with Crippen LogP contribution in [0.25, 0.3) is 0 Å². The van der Waals surface area contributed by atoms with Gasteiger partial charge in [-0.05, 0) is 0 Å². The van der Waals surface area contributed by atoms with E-state index in [1.807, 2.05) is 0 Å². The Hall–Kier alpha value is -4.22. The first kappa shape index (κ1) is 33.2. The number of carbonyl (C=O) groups is 4. The summed E-state index contributed by atoms with van der Waals surface area (Å²) in [7, 11) is -11.2. The summed E-state index contributed by atoms with van der Waals surface area (Å²) in [5.74, 6) is 0. The Morgan fingerprint density at radius 3 is 1.22 bits per heavy atom. The SMILES string of the molecule is CCOP12(OCC)C(=O)N(c3ccc(C)c(N=C=O)c3)C(=O)N1P1(OCC)(OCC)C(=O)N(c3ccc(C)c(N=C=O)c3)C(=O)N21. The van der Waals surface area contributed by atoms with Gasteiger partial charge in [-0.3, -0.25) is 0 Å². The summed E-state index contributed by atoms with van der Waals surface area (Å²) in [4.78, 5) is 90.5. The Balaban J connectivity index is 1.87. The summed E-state index contributed by atoms with van der Waals surface area (Å²) in [6, 6.07) is 6.40. The number of benzene rings is 2. The van der Waals surface area contributed by atoms with Crippen molar-refractivity contribution in [3.05, 3.63) is 47.5 Å². The molecule has 3 fully saturated rings. The Kier molecular flexibility index (Phi) is 8.10. The molecule has 2 aromatic carbocycles. The van der Waals surface area contributed by atoms with E-state index in [1.165, 1.54) is 48.6 Å². The molecule has 0 bridgehead atoms. The summed E-state index contributed by atoms with van der Waals surface area (Å²) in [5, 5.41) is 0. The third-order valence-corrected chi connectivity index (χ3v) is 19.5. The van der Waals surface area contributed by atoms with E-state index in [2.05, 4.69) is 9.98 Å². The zero-order valence-electron chi connectivity index (χ0n) is 26.0. The van der Waals surface area contributed by atoms with Crippen LogP contribution in [-0.2, 0) is 27.7 Å². The summed E-state index contributed by atoms with van der Waals surface area (Å²) in [6.07, 6.45) is 2.89. The van der Waals surface area contributed by atoms with Crippen molar-refractivity contribution < 1.29 is 46.9 Å². The van der Waals surface area contributed by atoms with E-state index >= 15 is 0 Å². The zero-order valence-corrected chi connectivity index (χ0v) is 27.7. The molecule has 0 unspecified atom stereocenters. The molecule has 3 saturated heterocycles. The first-order valence-electron chi connectivity index (χ1n) is 14.3. The van der Waals surface area contributed by atoms with E-state index in [0.29, 0.717) is 11.1 Å². The molecule has 6 amide bonds. The van der Waals surface area contributed by atoms with Gasteiger partial charge in [-0.15, -0.1) is 0 Å². The molecule has 3 heterocycles. The second-order valence-corrected chi connectivity index (χ2v) is 17.7. The van der Waals surface area contributed by atoms with Crippen LogP contribution >= 0.6 is 14.7 Å². The van der Waals surface area contributed by atoms with Gasteiger partial charge in [0.2, 0.25) is 0 Å². The molecule has 0 aromatic heterocycles. The average molecular weight is 675 g/mol. The first-order valence-corrected chi connectivity index (χ1v) is 18.3. The second kappa shape index (κ2) is 11.2. The predicted octanol–water partition coefficient (Wildman–Crippen LogP) is 7.25. The molecule has 0 atom stereocenters. The van der Waals surface area contributed by atoms with Gasteiger partial charge in [0.25, 0.3) is 0 Å². The Morgan fingerprint density at radius 2 is 0.935 bits per heavy atom. The van der Waals surface area contributed by atoms with Crippen molar-refractivity contribution >= 4 is 73.0 Å². The Bertz CT molecular complexity index is 1650. The van der Waals surface area contributed by atoms with Gasteiger partial charge in [0, 0.05) is 0 Å². The molecule has 0 spiro atoms. The van der Waals surface area contributed by atoms with Crippen molar-refractivity contribution in [3.63, 3.8) is 0 Å².